The molecule has 4 rings (SSSR count). The van der Waals surface area contributed by atoms with Gasteiger partial charge in [-0.25, -0.2) is 0 Å². The fourth-order valence-corrected chi connectivity index (χ4v) is 4.09. The third kappa shape index (κ3) is 5.26. The number of aryl methyl sites for hydroxylation is 1. The number of fused-ring (bicyclic) bond motifs is 1. The Morgan fingerprint density at radius 1 is 0.829 bits per heavy atom. The van der Waals surface area contributed by atoms with E-state index in [1.54, 1.807) is 32.5 Å². The largest absolute Gasteiger partial charge is 0.493 e. The van der Waals surface area contributed by atoms with E-state index in [1.165, 1.54) is 0 Å². The number of hydrogen-bond donors (Lipinski definition) is 1. The Balaban J connectivity index is 1.57. The van der Waals surface area contributed by atoms with Crippen LogP contribution < -0.4 is 24.3 Å². The maximum atomic E-state index is 6.32. The van der Waals surface area contributed by atoms with Crippen molar-refractivity contribution >= 4 is 45.6 Å². The van der Waals surface area contributed by atoms with Gasteiger partial charge in [0, 0.05) is 28.4 Å². The van der Waals surface area contributed by atoms with Crippen LogP contribution in [0.25, 0.3) is 10.9 Å². The molecule has 0 aliphatic rings. The normalized spacial score (nSPS) is 10.7. The fourth-order valence-electron chi connectivity index (χ4n) is 3.66. The van der Waals surface area contributed by atoms with Gasteiger partial charge in [0.25, 0.3) is 5.17 Å². The number of thiocarbonyl (C=S) groups is 1. The molecule has 1 heterocycles. The lowest BCUT2D eigenvalue weighted by Gasteiger charge is -2.17. The Labute approximate surface area is 214 Å². The second kappa shape index (κ2) is 10.4. The minimum atomic E-state index is 0.243. The highest BCUT2D eigenvalue weighted by molar-refractivity contribution is 7.80. The summed E-state index contributed by atoms with van der Waals surface area (Å²) in [6.45, 7) is 5.91. The molecule has 0 bridgehead atoms. The first kappa shape index (κ1) is 24.6. The smallest absolute Gasteiger partial charge is 0.266 e. The van der Waals surface area contributed by atoms with Crippen molar-refractivity contribution in [3.63, 3.8) is 0 Å². The summed E-state index contributed by atoms with van der Waals surface area (Å²) in [5.41, 5.74) is 4.42. The molecule has 0 aliphatic heterocycles. The van der Waals surface area contributed by atoms with Gasteiger partial charge in [0.2, 0.25) is 0 Å². The monoisotopic (exact) mass is 508 g/mol. The molecule has 35 heavy (non-hydrogen) atoms. The number of pyridine rings is 1. The van der Waals surface area contributed by atoms with Crippen LogP contribution in [-0.4, -0.2) is 24.4 Å². The summed E-state index contributed by atoms with van der Waals surface area (Å²) >= 11 is 11.4. The number of ether oxygens (including phenoxy) is 4. The number of nitrogens with one attached hydrogen (secondary N) is 1. The van der Waals surface area contributed by atoms with Crippen LogP contribution in [0, 0.1) is 20.8 Å². The van der Waals surface area contributed by atoms with E-state index in [-0.39, 0.29) is 5.17 Å². The van der Waals surface area contributed by atoms with Crippen LogP contribution in [0.15, 0.2) is 54.7 Å². The molecule has 3 aromatic carbocycles. The van der Waals surface area contributed by atoms with Crippen molar-refractivity contribution in [2.45, 2.75) is 20.8 Å². The molecule has 0 aliphatic carbocycles. The van der Waals surface area contributed by atoms with Crippen LogP contribution in [0.1, 0.15) is 16.7 Å². The van der Waals surface area contributed by atoms with Gasteiger partial charge in [0.05, 0.1) is 19.7 Å². The Morgan fingerprint density at radius 2 is 1.54 bits per heavy atom. The third-order valence-electron chi connectivity index (χ3n) is 5.74. The molecule has 0 amide bonds. The maximum absolute atomic E-state index is 6.32. The van der Waals surface area contributed by atoms with Crippen molar-refractivity contribution in [2.24, 2.45) is 0 Å². The minimum absolute atomic E-state index is 0.243. The average Bonchev–Trinajstić information content (AvgIpc) is 2.84. The molecule has 0 saturated carbocycles. The molecular formula is C27H25ClN2O4S. The predicted octanol–water partition coefficient (Wildman–Crippen LogP) is 7.40. The van der Waals surface area contributed by atoms with E-state index in [2.05, 4.69) is 10.3 Å². The second-order valence-electron chi connectivity index (χ2n) is 7.92. The first-order valence-corrected chi connectivity index (χ1v) is 11.6. The number of aromatic nitrogens is 1. The Morgan fingerprint density at radius 3 is 2.26 bits per heavy atom. The van der Waals surface area contributed by atoms with Crippen LogP contribution in [-0.2, 0) is 0 Å². The highest BCUT2D eigenvalue weighted by atomic mass is 35.5. The van der Waals surface area contributed by atoms with Crippen LogP contribution in [0.3, 0.4) is 0 Å². The molecule has 1 aromatic heterocycles. The van der Waals surface area contributed by atoms with Crippen molar-refractivity contribution in [1.82, 2.24) is 4.98 Å². The lowest BCUT2D eigenvalue weighted by atomic mass is 10.1. The SMILES string of the molecule is COc1cc2nccc(Oc3ccc(NC(=S)Oc4ccc(Cl)cc4C)c(C)c3C)c2cc1OC. The summed E-state index contributed by atoms with van der Waals surface area (Å²) in [5, 5.41) is 4.88. The van der Waals surface area contributed by atoms with Gasteiger partial charge in [-0.3, -0.25) is 4.98 Å². The van der Waals surface area contributed by atoms with E-state index in [0.717, 1.165) is 39.0 Å². The van der Waals surface area contributed by atoms with Crippen molar-refractivity contribution in [1.29, 1.82) is 0 Å². The van der Waals surface area contributed by atoms with Gasteiger partial charge in [-0.05, 0) is 92.1 Å². The van der Waals surface area contributed by atoms with E-state index in [0.29, 0.717) is 28.0 Å². The van der Waals surface area contributed by atoms with Crippen molar-refractivity contribution in [2.75, 3.05) is 19.5 Å². The van der Waals surface area contributed by atoms with Crippen LogP contribution in [0.5, 0.6) is 28.7 Å². The van der Waals surface area contributed by atoms with Gasteiger partial charge in [-0.15, -0.1) is 0 Å². The summed E-state index contributed by atoms with van der Waals surface area (Å²) < 4.78 is 23.0. The molecule has 0 unspecified atom stereocenters. The van der Waals surface area contributed by atoms with Gasteiger partial charge in [-0.1, -0.05) is 11.6 Å². The number of rotatable bonds is 6. The zero-order valence-electron chi connectivity index (χ0n) is 20.1. The lowest BCUT2D eigenvalue weighted by Crippen LogP contribution is -2.17. The van der Waals surface area contributed by atoms with E-state index < -0.39 is 0 Å². The molecular weight excluding hydrogens is 484 g/mol. The molecule has 0 saturated heterocycles. The zero-order chi connectivity index (χ0) is 25.1. The van der Waals surface area contributed by atoms with Gasteiger partial charge in [0.15, 0.2) is 11.5 Å². The minimum Gasteiger partial charge on any atom is -0.493 e. The predicted molar refractivity (Wildman–Crippen MR) is 144 cm³/mol. The Kier molecular flexibility index (Phi) is 7.28. The number of methoxy groups -OCH3 is 2. The highest BCUT2D eigenvalue weighted by Crippen LogP contribution is 2.38. The first-order valence-electron chi connectivity index (χ1n) is 10.8. The summed E-state index contributed by atoms with van der Waals surface area (Å²) in [5.74, 6) is 3.25. The number of nitrogens with zero attached hydrogens (tertiary/aromatic N) is 1. The second-order valence-corrected chi connectivity index (χ2v) is 8.73. The molecule has 0 fully saturated rings. The number of hydrogen-bond acceptors (Lipinski definition) is 6. The standard InChI is InChI=1S/C27H25ClN2O4S/c1-15-12-18(28)6-8-22(15)34-27(35)30-20-7-9-23(17(3)16(20)2)33-24-10-11-29-21-14-26(32-5)25(31-4)13-19(21)24/h6-14H,1-5H3,(H,30,35). The van der Waals surface area contributed by atoms with E-state index in [9.17, 15) is 0 Å². The molecule has 0 spiro atoms. The quantitative estimate of drug-likeness (QED) is 0.272. The molecule has 180 valence electrons. The fraction of sp³-hybridized carbons (Fsp3) is 0.185. The first-order chi connectivity index (χ1) is 16.8. The highest BCUT2D eigenvalue weighted by Gasteiger charge is 2.15. The Hall–Kier alpha value is -3.55. The average molecular weight is 509 g/mol. The molecule has 4 aromatic rings. The van der Waals surface area contributed by atoms with Gasteiger partial charge in [-0.2, -0.15) is 0 Å². The summed E-state index contributed by atoms with van der Waals surface area (Å²) in [6, 6.07) is 14.7. The van der Waals surface area contributed by atoms with Gasteiger partial charge in [0.1, 0.15) is 17.2 Å². The number of halogens is 1. The topological polar surface area (TPSA) is 61.8 Å². The number of benzene rings is 3. The lowest BCUT2D eigenvalue weighted by molar-refractivity contribution is 0.355. The molecule has 8 heteroatoms. The Bertz CT molecular complexity index is 1420. The van der Waals surface area contributed by atoms with Crippen molar-refractivity contribution in [3.05, 3.63) is 76.4 Å². The van der Waals surface area contributed by atoms with Crippen molar-refractivity contribution < 1.29 is 18.9 Å². The molecule has 0 radical (unpaired) electrons. The van der Waals surface area contributed by atoms with E-state index >= 15 is 0 Å². The van der Waals surface area contributed by atoms with Crippen LogP contribution >= 0.6 is 23.8 Å². The third-order valence-corrected chi connectivity index (χ3v) is 6.16. The summed E-state index contributed by atoms with van der Waals surface area (Å²) in [4.78, 5) is 4.44. The summed E-state index contributed by atoms with van der Waals surface area (Å²) in [6.07, 6.45) is 1.70. The zero-order valence-corrected chi connectivity index (χ0v) is 21.6. The van der Waals surface area contributed by atoms with Crippen molar-refractivity contribution in [3.8, 4) is 28.7 Å². The van der Waals surface area contributed by atoms with Gasteiger partial charge >= 0.3 is 0 Å². The van der Waals surface area contributed by atoms with E-state index in [1.807, 2.05) is 57.2 Å². The molecule has 6 nitrogen and oxygen atoms in total. The van der Waals surface area contributed by atoms with Crippen LogP contribution in [0.4, 0.5) is 5.69 Å². The van der Waals surface area contributed by atoms with Gasteiger partial charge < -0.3 is 24.3 Å². The molecule has 0 atom stereocenters. The van der Waals surface area contributed by atoms with Crippen LogP contribution in [0.2, 0.25) is 5.02 Å². The molecule has 1 N–H and O–H groups in total. The van der Waals surface area contributed by atoms with E-state index in [4.69, 9.17) is 42.8 Å². The number of anilines is 1. The summed E-state index contributed by atoms with van der Waals surface area (Å²) in [7, 11) is 3.20. The maximum Gasteiger partial charge on any atom is 0.266 e.